The van der Waals surface area contributed by atoms with E-state index in [4.69, 9.17) is 14.2 Å². The Labute approximate surface area is 185 Å². The van der Waals surface area contributed by atoms with E-state index in [1.54, 1.807) is 35.3 Å². The first-order chi connectivity index (χ1) is 13.9. The summed E-state index contributed by atoms with van der Waals surface area (Å²) < 4.78 is 18.0. The van der Waals surface area contributed by atoms with Crippen molar-refractivity contribution in [3.8, 4) is 0 Å². The molecular formula is C19H34O7S3. The fourth-order valence-electron chi connectivity index (χ4n) is 3.97. The SMILES string of the molecule is CS[C@H]1C[C@@H](O)C[C@@H](CS[C@H]2C[C@@H](O)C[C@@H](CS[C@H]3C[C@@H](O)C[C@@H](CO)O3)O2)O1. The molecule has 3 aliphatic heterocycles. The molecule has 3 rings (SSSR count). The molecule has 0 aliphatic carbocycles. The lowest BCUT2D eigenvalue weighted by atomic mass is 10.1. The summed E-state index contributed by atoms with van der Waals surface area (Å²) in [5, 5.41) is 39.6. The smallest absolute Gasteiger partial charge is 0.106 e. The molecule has 0 aromatic heterocycles. The summed E-state index contributed by atoms with van der Waals surface area (Å²) in [4.78, 5) is 0. The highest BCUT2D eigenvalue weighted by Crippen LogP contribution is 2.35. The Morgan fingerprint density at radius 3 is 1.55 bits per heavy atom. The third kappa shape index (κ3) is 8.00. The predicted molar refractivity (Wildman–Crippen MR) is 117 cm³/mol. The molecule has 7 nitrogen and oxygen atoms in total. The summed E-state index contributed by atoms with van der Waals surface area (Å²) in [7, 11) is 0. The topological polar surface area (TPSA) is 109 Å². The summed E-state index contributed by atoms with van der Waals surface area (Å²) >= 11 is 4.86. The second-order valence-corrected chi connectivity index (χ2v) is 11.4. The van der Waals surface area contributed by atoms with Crippen molar-refractivity contribution in [2.24, 2.45) is 0 Å². The Kier molecular flexibility index (Phi) is 10.2. The number of thioether (sulfide) groups is 3. The van der Waals surface area contributed by atoms with Crippen molar-refractivity contribution in [1.29, 1.82) is 0 Å². The Balaban J connectivity index is 1.41. The first-order valence-electron chi connectivity index (χ1n) is 10.3. The van der Waals surface area contributed by atoms with Gasteiger partial charge >= 0.3 is 0 Å². The minimum atomic E-state index is -0.449. The van der Waals surface area contributed by atoms with Crippen molar-refractivity contribution in [3.63, 3.8) is 0 Å². The van der Waals surface area contributed by atoms with Crippen LogP contribution in [0.5, 0.6) is 0 Å². The van der Waals surface area contributed by atoms with Crippen LogP contribution in [0.2, 0.25) is 0 Å². The van der Waals surface area contributed by atoms with Crippen LogP contribution in [0, 0.1) is 0 Å². The average Bonchev–Trinajstić information content (AvgIpc) is 2.69. The molecule has 3 heterocycles. The fourth-order valence-corrected chi connectivity index (χ4v) is 7.13. The van der Waals surface area contributed by atoms with E-state index in [2.05, 4.69) is 0 Å². The number of ether oxygens (including phenoxy) is 3. The first kappa shape index (κ1) is 24.4. The normalized spacial score (nSPS) is 44.0. The van der Waals surface area contributed by atoms with Crippen LogP contribution in [0.1, 0.15) is 38.5 Å². The lowest BCUT2D eigenvalue weighted by molar-refractivity contribution is -0.0793. The van der Waals surface area contributed by atoms with Gasteiger partial charge in [0.25, 0.3) is 0 Å². The van der Waals surface area contributed by atoms with Crippen LogP contribution in [0.15, 0.2) is 0 Å². The molecule has 3 saturated heterocycles. The summed E-state index contributed by atoms with van der Waals surface area (Å²) in [6.07, 6.45) is 3.98. The van der Waals surface area contributed by atoms with Crippen LogP contribution in [-0.2, 0) is 14.2 Å². The van der Waals surface area contributed by atoms with Gasteiger partial charge in [0.2, 0.25) is 0 Å². The third-order valence-corrected chi connectivity index (χ3v) is 8.74. The zero-order chi connectivity index (χ0) is 20.8. The van der Waals surface area contributed by atoms with Gasteiger partial charge in [0, 0.05) is 50.0 Å². The second-order valence-electron chi connectivity index (χ2n) is 8.02. The standard InChI is InChI=1S/C19H34O7S3/c1-27-17-5-12(22)3-15(25-17)9-29-19-7-13(23)4-16(26-19)10-28-18-6-11(21)2-14(8-20)24-18/h11-23H,2-10H2,1H3/t11-,12-,13-,14-,15-,16-,17-,18-,19-/m0/s1. The summed E-state index contributed by atoms with van der Waals surface area (Å²) in [6.45, 7) is -0.0825. The van der Waals surface area contributed by atoms with Crippen molar-refractivity contribution in [1.82, 2.24) is 0 Å². The zero-order valence-corrected chi connectivity index (χ0v) is 19.2. The van der Waals surface area contributed by atoms with E-state index in [0.717, 1.165) is 5.75 Å². The Hall–Kier alpha value is 0.770. The molecular weight excluding hydrogens is 436 g/mol. The molecule has 10 heteroatoms. The lowest BCUT2D eigenvalue weighted by Gasteiger charge is -2.36. The molecule has 3 aliphatic rings. The molecule has 0 bridgehead atoms. The van der Waals surface area contributed by atoms with E-state index in [9.17, 15) is 20.4 Å². The molecule has 29 heavy (non-hydrogen) atoms. The number of rotatable bonds is 8. The maximum atomic E-state index is 10.3. The largest absolute Gasteiger partial charge is 0.394 e. The van der Waals surface area contributed by atoms with Crippen LogP contribution in [0.3, 0.4) is 0 Å². The van der Waals surface area contributed by atoms with E-state index >= 15 is 0 Å². The monoisotopic (exact) mass is 470 g/mol. The van der Waals surface area contributed by atoms with Crippen LogP contribution in [-0.4, -0.2) is 97.7 Å². The van der Waals surface area contributed by atoms with Crippen LogP contribution in [0.25, 0.3) is 0 Å². The summed E-state index contributed by atoms with van der Waals surface area (Å²) in [5.74, 6) is 1.42. The minimum Gasteiger partial charge on any atom is -0.394 e. The van der Waals surface area contributed by atoms with Crippen LogP contribution in [0.4, 0.5) is 0 Å². The van der Waals surface area contributed by atoms with Crippen LogP contribution >= 0.6 is 35.3 Å². The molecule has 0 unspecified atom stereocenters. The highest BCUT2D eigenvalue weighted by atomic mass is 32.2. The maximum absolute atomic E-state index is 10.3. The van der Waals surface area contributed by atoms with Gasteiger partial charge in [0.05, 0.1) is 43.2 Å². The molecule has 9 atom stereocenters. The van der Waals surface area contributed by atoms with Gasteiger partial charge in [0.15, 0.2) is 0 Å². The van der Waals surface area contributed by atoms with Crippen molar-refractivity contribution in [2.45, 2.75) is 91.5 Å². The quantitative estimate of drug-likeness (QED) is 0.416. The number of aliphatic hydroxyl groups is 4. The van der Waals surface area contributed by atoms with E-state index in [1.165, 1.54) is 0 Å². The Morgan fingerprint density at radius 2 is 1.07 bits per heavy atom. The van der Waals surface area contributed by atoms with Gasteiger partial charge in [-0.05, 0) is 6.26 Å². The highest BCUT2D eigenvalue weighted by molar-refractivity contribution is 8.00. The van der Waals surface area contributed by atoms with Crippen molar-refractivity contribution < 1.29 is 34.6 Å². The Morgan fingerprint density at radius 1 is 0.655 bits per heavy atom. The zero-order valence-electron chi connectivity index (χ0n) is 16.8. The molecule has 0 radical (unpaired) electrons. The van der Waals surface area contributed by atoms with Gasteiger partial charge in [-0.1, -0.05) is 0 Å². The Bertz CT molecular complexity index is 449. The molecule has 0 saturated carbocycles. The summed E-state index contributed by atoms with van der Waals surface area (Å²) in [5.41, 5.74) is -0.215. The molecule has 170 valence electrons. The van der Waals surface area contributed by atoms with E-state index < -0.39 is 12.2 Å². The van der Waals surface area contributed by atoms with Gasteiger partial charge in [-0.2, -0.15) is 0 Å². The van der Waals surface area contributed by atoms with Crippen molar-refractivity contribution >= 4 is 35.3 Å². The highest BCUT2D eigenvalue weighted by Gasteiger charge is 2.34. The van der Waals surface area contributed by atoms with Gasteiger partial charge < -0.3 is 34.6 Å². The van der Waals surface area contributed by atoms with Crippen molar-refractivity contribution in [3.05, 3.63) is 0 Å². The maximum Gasteiger partial charge on any atom is 0.106 e. The summed E-state index contributed by atoms with van der Waals surface area (Å²) in [6, 6.07) is 0. The first-order valence-corrected chi connectivity index (χ1v) is 13.7. The number of aliphatic hydroxyl groups excluding tert-OH is 4. The number of hydrogen-bond donors (Lipinski definition) is 4. The van der Waals surface area contributed by atoms with Gasteiger partial charge in [-0.25, -0.2) is 0 Å². The van der Waals surface area contributed by atoms with Gasteiger partial charge in [0.1, 0.15) is 16.3 Å². The second kappa shape index (κ2) is 12.1. The van der Waals surface area contributed by atoms with Gasteiger partial charge in [-0.15, -0.1) is 35.3 Å². The lowest BCUT2D eigenvalue weighted by Crippen LogP contribution is -2.39. The molecule has 3 fully saturated rings. The molecule has 0 spiro atoms. The molecule has 4 N–H and O–H groups in total. The number of hydrogen-bond acceptors (Lipinski definition) is 10. The minimum absolute atomic E-state index is 0.00392. The van der Waals surface area contributed by atoms with Crippen molar-refractivity contribution in [2.75, 3.05) is 24.4 Å². The van der Waals surface area contributed by atoms with Crippen LogP contribution < -0.4 is 0 Å². The van der Waals surface area contributed by atoms with Gasteiger partial charge in [-0.3, -0.25) is 0 Å². The fraction of sp³-hybridized carbons (Fsp3) is 1.00. The van der Waals surface area contributed by atoms with E-state index in [1.807, 2.05) is 6.26 Å². The average molecular weight is 471 g/mol. The van der Waals surface area contributed by atoms with E-state index in [0.29, 0.717) is 44.3 Å². The molecule has 0 aromatic rings. The third-order valence-electron chi connectivity index (χ3n) is 5.43. The predicted octanol–water partition coefficient (Wildman–Crippen LogP) is 1.41. The molecule has 0 aromatic carbocycles. The molecule has 0 amide bonds. The van der Waals surface area contributed by atoms with E-state index in [-0.39, 0.29) is 47.3 Å².